The van der Waals surface area contributed by atoms with Crippen molar-refractivity contribution in [2.24, 2.45) is 0 Å². The average molecular weight is 340 g/mol. The van der Waals surface area contributed by atoms with Gasteiger partial charge in [-0.25, -0.2) is 0 Å². The Morgan fingerprint density at radius 3 is 2.00 bits per heavy atom. The summed E-state index contributed by atoms with van der Waals surface area (Å²) in [6.45, 7) is 3.99. The lowest BCUT2D eigenvalue weighted by molar-refractivity contribution is 0.0314. The number of rotatable bonds is 7. The molecule has 2 amide bonds. The Morgan fingerprint density at radius 2 is 1.44 bits per heavy atom. The van der Waals surface area contributed by atoms with Gasteiger partial charge in [0.15, 0.2) is 0 Å². The molecule has 0 aliphatic heterocycles. The number of anilines is 1. The maximum atomic E-state index is 12.2. The molecule has 5 heteroatoms. The minimum absolute atomic E-state index is 0.200. The summed E-state index contributed by atoms with van der Waals surface area (Å²) >= 11 is 0. The fraction of sp³-hybridized carbons (Fsp3) is 0.300. The van der Waals surface area contributed by atoms with Gasteiger partial charge in [0, 0.05) is 23.4 Å². The highest BCUT2D eigenvalue weighted by atomic mass is 16.3. The maximum Gasteiger partial charge on any atom is 0.255 e. The lowest BCUT2D eigenvalue weighted by Gasteiger charge is -2.25. The molecule has 0 aromatic heterocycles. The van der Waals surface area contributed by atoms with Gasteiger partial charge in [-0.05, 0) is 49.2 Å². The zero-order chi connectivity index (χ0) is 18.3. The lowest BCUT2D eigenvalue weighted by Crippen LogP contribution is -2.42. The van der Waals surface area contributed by atoms with Crippen LogP contribution in [0.15, 0.2) is 54.6 Å². The van der Waals surface area contributed by atoms with Crippen LogP contribution >= 0.6 is 0 Å². The van der Waals surface area contributed by atoms with E-state index in [9.17, 15) is 14.7 Å². The van der Waals surface area contributed by atoms with Crippen molar-refractivity contribution in [3.8, 4) is 0 Å². The van der Waals surface area contributed by atoms with Crippen LogP contribution in [0.3, 0.4) is 0 Å². The molecule has 0 bridgehead atoms. The first-order valence-electron chi connectivity index (χ1n) is 8.44. The van der Waals surface area contributed by atoms with Crippen molar-refractivity contribution >= 4 is 17.5 Å². The van der Waals surface area contributed by atoms with E-state index in [0.717, 1.165) is 0 Å². The molecule has 2 aromatic carbocycles. The van der Waals surface area contributed by atoms with E-state index in [4.69, 9.17) is 0 Å². The Balaban J connectivity index is 1.95. The largest absolute Gasteiger partial charge is 0.388 e. The third kappa shape index (κ3) is 5.16. The molecular weight excluding hydrogens is 316 g/mol. The van der Waals surface area contributed by atoms with E-state index in [1.54, 1.807) is 48.5 Å². The van der Waals surface area contributed by atoms with Gasteiger partial charge in [0.25, 0.3) is 11.8 Å². The Bertz CT molecular complexity index is 707. The summed E-state index contributed by atoms with van der Waals surface area (Å²) in [7, 11) is 0. The normalized spacial score (nSPS) is 11.0. The van der Waals surface area contributed by atoms with Crippen molar-refractivity contribution in [2.75, 3.05) is 11.9 Å². The van der Waals surface area contributed by atoms with Gasteiger partial charge in [-0.1, -0.05) is 32.0 Å². The first-order chi connectivity index (χ1) is 12.0. The molecule has 0 saturated carbocycles. The number of aliphatic hydroxyl groups is 1. The van der Waals surface area contributed by atoms with Crippen molar-refractivity contribution in [1.82, 2.24) is 5.32 Å². The highest BCUT2D eigenvalue weighted by molar-refractivity contribution is 6.04. The smallest absolute Gasteiger partial charge is 0.255 e. The van der Waals surface area contributed by atoms with Crippen molar-refractivity contribution in [1.29, 1.82) is 0 Å². The zero-order valence-corrected chi connectivity index (χ0v) is 14.6. The molecule has 0 aliphatic carbocycles. The number of hydrogen-bond acceptors (Lipinski definition) is 3. The van der Waals surface area contributed by atoms with Crippen LogP contribution in [0.25, 0.3) is 0 Å². The predicted molar refractivity (Wildman–Crippen MR) is 98.7 cm³/mol. The molecule has 0 aliphatic rings. The molecule has 0 heterocycles. The minimum Gasteiger partial charge on any atom is -0.388 e. The third-order valence-corrected chi connectivity index (χ3v) is 4.34. The Kier molecular flexibility index (Phi) is 6.31. The summed E-state index contributed by atoms with van der Waals surface area (Å²) in [6, 6.07) is 15.6. The Hall–Kier alpha value is -2.66. The fourth-order valence-electron chi connectivity index (χ4n) is 2.34. The van der Waals surface area contributed by atoms with Gasteiger partial charge >= 0.3 is 0 Å². The van der Waals surface area contributed by atoms with Crippen LogP contribution in [-0.4, -0.2) is 29.1 Å². The first-order valence-corrected chi connectivity index (χ1v) is 8.44. The SMILES string of the molecule is CCC(O)(CC)CNC(=O)c1ccc(NC(=O)c2ccccc2)cc1. The number of carbonyl (C=O) groups excluding carboxylic acids is 2. The molecule has 0 unspecified atom stereocenters. The average Bonchev–Trinajstić information content (AvgIpc) is 2.67. The molecule has 2 aromatic rings. The molecule has 0 radical (unpaired) electrons. The molecule has 0 atom stereocenters. The molecule has 132 valence electrons. The zero-order valence-electron chi connectivity index (χ0n) is 14.6. The summed E-state index contributed by atoms with van der Waals surface area (Å²) in [5, 5.41) is 15.8. The second-order valence-corrected chi connectivity index (χ2v) is 6.01. The summed E-state index contributed by atoms with van der Waals surface area (Å²) in [6.07, 6.45) is 1.16. The third-order valence-electron chi connectivity index (χ3n) is 4.34. The van der Waals surface area contributed by atoms with Crippen LogP contribution in [0.1, 0.15) is 47.4 Å². The van der Waals surface area contributed by atoms with Crippen LogP contribution in [0, 0.1) is 0 Å². The van der Waals surface area contributed by atoms with Gasteiger partial charge in [-0.2, -0.15) is 0 Å². The van der Waals surface area contributed by atoms with Gasteiger partial charge in [-0.15, -0.1) is 0 Å². The molecule has 5 nitrogen and oxygen atoms in total. The number of amides is 2. The highest BCUT2D eigenvalue weighted by Gasteiger charge is 2.22. The number of nitrogens with one attached hydrogen (secondary N) is 2. The first kappa shape index (κ1) is 18.7. The summed E-state index contributed by atoms with van der Waals surface area (Å²) in [5.41, 5.74) is 0.790. The van der Waals surface area contributed by atoms with Gasteiger partial charge in [0.2, 0.25) is 0 Å². The van der Waals surface area contributed by atoms with E-state index >= 15 is 0 Å². The molecule has 2 rings (SSSR count). The quantitative estimate of drug-likeness (QED) is 0.724. The van der Waals surface area contributed by atoms with Crippen molar-refractivity contribution in [3.63, 3.8) is 0 Å². The van der Waals surface area contributed by atoms with E-state index in [-0.39, 0.29) is 18.4 Å². The molecule has 0 spiro atoms. The number of benzene rings is 2. The summed E-state index contributed by atoms with van der Waals surface area (Å²) in [5.74, 6) is -0.449. The van der Waals surface area contributed by atoms with E-state index in [1.807, 2.05) is 19.9 Å². The second kappa shape index (κ2) is 8.44. The van der Waals surface area contributed by atoms with Crippen molar-refractivity contribution < 1.29 is 14.7 Å². The molecule has 3 N–H and O–H groups in total. The number of hydrogen-bond donors (Lipinski definition) is 3. The highest BCUT2D eigenvalue weighted by Crippen LogP contribution is 2.14. The monoisotopic (exact) mass is 340 g/mol. The topological polar surface area (TPSA) is 78.4 Å². The summed E-state index contributed by atoms with van der Waals surface area (Å²) < 4.78 is 0. The van der Waals surface area contributed by atoms with Gasteiger partial charge in [0.1, 0.15) is 0 Å². The van der Waals surface area contributed by atoms with E-state index in [2.05, 4.69) is 10.6 Å². The van der Waals surface area contributed by atoms with Gasteiger partial charge < -0.3 is 15.7 Å². The standard InChI is InChI=1S/C20H24N2O3/c1-3-20(25,4-2)14-21-18(23)16-10-12-17(13-11-16)22-19(24)15-8-6-5-7-9-15/h5-13,25H,3-4,14H2,1-2H3,(H,21,23)(H,22,24). The second-order valence-electron chi connectivity index (χ2n) is 6.01. The number of carbonyl (C=O) groups is 2. The van der Waals surface area contributed by atoms with Crippen LogP contribution in [-0.2, 0) is 0 Å². The lowest BCUT2D eigenvalue weighted by atomic mass is 9.97. The molecular formula is C20H24N2O3. The molecule has 0 saturated heterocycles. The van der Waals surface area contributed by atoms with Crippen LogP contribution in [0.2, 0.25) is 0 Å². The van der Waals surface area contributed by atoms with Crippen molar-refractivity contribution in [3.05, 3.63) is 65.7 Å². The molecule has 0 fully saturated rings. The summed E-state index contributed by atoms with van der Waals surface area (Å²) in [4.78, 5) is 24.3. The van der Waals surface area contributed by atoms with Gasteiger partial charge in [-0.3, -0.25) is 9.59 Å². The van der Waals surface area contributed by atoms with E-state index in [1.165, 1.54) is 0 Å². The Morgan fingerprint density at radius 1 is 0.880 bits per heavy atom. The van der Waals surface area contributed by atoms with Crippen LogP contribution < -0.4 is 10.6 Å². The van der Waals surface area contributed by atoms with E-state index < -0.39 is 5.60 Å². The minimum atomic E-state index is -0.876. The maximum absolute atomic E-state index is 12.2. The van der Waals surface area contributed by atoms with E-state index in [0.29, 0.717) is 29.7 Å². The molecule has 25 heavy (non-hydrogen) atoms. The Labute approximate surface area is 148 Å². The van der Waals surface area contributed by atoms with Crippen molar-refractivity contribution in [2.45, 2.75) is 32.3 Å². The van der Waals surface area contributed by atoms with Crippen LogP contribution in [0.4, 0.5) is 5.69 Å². The van der Waals surface area contributed by atoms with Gasteiger partial charge in [0.05, 0.1) is 5.60 Å². The fourth-order valence-corrected chi connectivity index (χ4v) is 2.34. The predicted octanol–water partition coefficient (Wildman–Crippen LogP) is 3.22. The van der Waals surface area contributed by atoms with Crippen LogP contribution in [0.5, 0.6) is 0 Å².